The van der Waals surface area contributed by atoms with Gasteiger partial charge in [-0.25, -0.2) is 4.79 Å². The number of pyridine rings is 1. The maximum Gasteiger partial charge on any atom is 0.336 e. The van der Waals surface area contributed by atoms with Gasteiger partial charge in [0.25, 0.3) is 0 Å². The van der Waals surface area contributed by atoms with E-state index < -0.39 is 17.3 Å². The van der Waals surface area contributed by atoms with E-state index in [2.05, 4.69) is 4.98 Å². The van der Waals surface area contributed by atoms with Crippen LogP contribution in [0.3, 0.4) is 0 Å². The van der Waals surface area contributed by atoms with Crippen molar-refractivity contribution < 1.29 is 18.7 Å². The van der Waals surface area contributed by atoms with Gasteiger partial charge in [-0.15, -0.1) is 0 Å². The van der Waals surface area contributed by atoms with Gasteiger partial charge in [-0.3, -0.25) is 9.78 Å². The van der Waals surface area contributed by atoms with E-state index in [0.29, 0.717) is 24.2 Å². The van der Waals surface area contributed by atoms with E-state index in [1.807, 2.05) is 38.1 Å². The molecule has 0 fully saturated rings. The second-order valence-corrected chi connectivity index (χ2v) is 7.46. The summed E-state index contributed by atoms with van der Waals surface area (Å²) in [5.74, 6) is 0.371. The number of benzene rings is 1. The SMILES string of the molecule is CC1(C)Oc2cc3oc(=O)ccc3cc2C[C@H]1OC(=O)CCc1ccccn1. The van der Waals surface area contributed by atoms with Crippen molar-refractivity contribution in [1.29, 1.82) is 0 Å². The Labute approximate surface area is 162 Å². The van der Waals surface area contributed by atoms with Crippen LogP contribution in [0.4, 0.5) is 0 Å². The van der Waals surface area contributed by atoms with E-state index in [1.54, 1.807) is 18.3 Å². The maximum absolute atomic E-state index is 12.4. The molecule has 0 spiro atoms. The monoisotopic (exact) mass is 379 g/mol. The van der Waals surface area contributed by atoms with E-state index in [0.717, 1.165) is 16.6 Å². The number of fused-ring (bicyclic) bond motifs is 2. The van der Waals surface area contributed by atoms with Gasteiger partial charge >= 0.3 is 11.6 Å². The van der Waals surface area contributed by atoms with Crippen LogP contribution < -0.4 is 10.4 Å². The second kappa shape index (κ2) is 7.11. The molecule has 2 aromatic heterocycles. The molecule has 0 unspecified atom stereocenters. The molecular weight excluding hydrogens is 358 g/mol. The second-order valence-electron chi connectivity index (χ2n) is 7.46. The largest absolute Gasteiger partial charge is 0.484 e. The molecule has 0 amide bonds. The van der Waals surface area contributed by atoms with Gasteiger partial charge in [0.15, 0.2) is 0 Å². The van der Waals surface area contributed by atoms with Crippen LogP contribution in [0.1, 0.15) is 31.5 Å². The van der Waals surface area contributed by atoms with E-state index >= 15 is 0 Å². The summed E-state index contributed by atoms with van der Waals surface area (Å²) < 4.78 is 17.1. The zero-order chi connectivity index (χ0) is 19.7. The van der Waals surface area contributed by atoms with Gasteiger partial charge in [-0.1, -0.05) is 6.07 Å². The summed E-state index contributed by atoms with van der Waals surface area (Å²) in [6, 6.07) is 12.4. The first kappa shape index (κ1) is 18.2. The molecule has 0 saturated carbocycles. The standard InChI is InChI=1S/C22H21NO5/c1-22(2)19(27-21(25)9-7-16-5-3-4-10-23-16)12-15-11-14-6-8-20(24)26-17(14)13-18(15)28-22/h3-6,8,10-11,13,19H,7,9,12H2,1-2H3/t19-/m1/s1. The first-order valence-corrected chi connectivity index (χ1v) is 9.26. The number of rotatable bonds is 4. The molecule has 0 saturated heterocycles. The Morgan fingerprint density at radius 1 is 1.25 bits per heavy atom. The quantitative estimate of drug-likeness (QED) is 0.510. The molecule has 1 aliphatic heterocycles. The fourth-order valence-electron chi connectivity index (χ4n) is 3.37. The number of carbonyl (C=O) groups excluding carboxylic acids is 1. The highest BCUT2D eigenvalue weighted by molar-refractivity contribution is 5.79. The van der Waals surface area contributed by atoms with Crippen LogP contribution in [0, 0.1) is 0 Å². The smallest absolute Gasteiger partial charge is 0.336 e. The lowest BCUT2D eigenvalue weighted by molar-refractivity contribution is -0.161. The van der Waals surface area contributed by atoms with E-state index in [-0.39, 0.29) is 12.4 Å². The topological polar surface area (TPSA) is 78.6 Å². The van der Waals surface area contributed by atoms with Crippen LogP contribution in [0.5, 0.6) is 5.75 Å². The molecule has 6 heteroatoms. The number of aryl methyl sites for hydroxylation is 1. The molecule has 0 radical (unpaired) electrons. The van der Waals surface area contributed by atoms with Crippen LogP contribution in [0.2, 0.25) is 0 Å². The molecule has 3 aromatic rings. The van der Waals surface area contributed by atoms with Crippen LogP contribution in [-0.2, 0) is 22.4 Å². The van der Waals surface area contributed by atoms with Crippen LogP contribution in [0.15, 0.2) is 57.9 Å². The summed E-state index contributed by atoms with van der Waals surface area (Å²) in [5.41, 5.74) is 1.16. The highest BCUT2D eigenvalue weighted by atomic mass is 16.6. The highest BCUT2D eigenvalue weighted by Gasteiger charge is 2.40. The Hall–Kier alpha value is -3.15. The van der Waals surface area contributed by atoms with Gasteiger partial charge in [-0.2, -0.15) is 0 Å². The lowest BCUT2D eigenvalue weighted by Gasteiger charge is -2.39. The zero-order valence-electron chi connectivity index (χ0n) is 15.8. The first-order valence-electron chi connectivity index (χ1n) is 9.26. The average molecular weight is 379 g/mol. The number of esters is 1. The zero-order valence-corrected chi connectivity index (χ0v) is 15.8. The third-order valence-corrected chi connectivity index (χ3v) is 4.94. The van der Waals surface area contributed by atoms with Crippen molar-refractivity contribution in [1.82, 2.24) is 4.98 Å². The van der Waals surface area contributed by atoms with Gasteiger partial charge in [0.2, 0.25) is 0 Å². The summed E-state index contributed by atoms with van der Waals surface area (Å²) in [6.45, 7) is 3.77. The van der Waals surface area contributed by atoms with Crippen molar-refractivity contribution in [2.24, 2.45) is 0 Å². The minimum absolute atomic E-state index is 0.263. The fourth-order valence-corrected chi connectivity index (χ4v) is 3.37. The Kier molecular flexibility index (Phi) is 4.63. The van der Waals surface area contributed by atoms with Gasteiger partial charge in [0, 0.05) is 42.3 Å². The maximum atomic E-state index is 12.4. The van der Waals surface area contributed by atoms with Gasteiger partial charge in [0.1, 0.15) is 23.0 Å². The van der Waals surface area contributed by atoms with Crippen molar-refractivity contribution in [2.75, 3.05) is 0 Å². The van der Waals surface area contributed by atoms with Crippen molar-refractivity contribution in [3.8, 4) is 5.75 Å². The van der Waals surface area contributed by atoms with Gasteiger partial charge in [-0.05, 0) is 43.7 Å². The number of ether oxygens (including phenoxy) is 2. The summed E-state index contributed by atoms with van der Waals surface area (Å²) >= 11 is 0. The normalized spacial score (nSPS) is 17.6. The molecule has 28 heavy (non-hydrogen) atoms. The summed E-state index contributed by atoms with van der Waals surface area (Å²) in [5, 5.41) is 0.807. The van der Waals surface area contributed by atoms with E-state index in [1.165, 1.54) is 6.07 Å². The predicted molar refractivity (Wildman–Crippen MR) is 103 cm³/mol. The third kappa shape index (κ3) is 3.76. The fraction of sp³-hybridized carbons (Fsp3) is 0.318. The third-order valence-electron chi connectivity index (χ3n) is 4.94. The number of nitrogens with zero attached hydrogens (tertiary/aromatic N) is 1. The highest BCUT2D eigenvalue weighted by Crippen LogP contribution is 2.37. The molecule has 3 heterocycles. The number of aromatic nitrogens is 1. The summed E-state index contributed by atoms with van der Waals surface area (Å²) in [6.07, 6.45) is 2.63. The summed E-state index contributed by atoms with van der Waals surface area (Å²) in [4.78, 5) is 28.1. The minimum Gasteiger partial charge on any atom is -0.484 e. The van der Waals surface area contributed by atoms with Crippen LogP contribution in [0.25, 0.3) is 11.0 Å². The van der Waals surface area contributed by atoms with Crippen molar-refractivity contribution in [3.05, 3.63) is 70.3 Å². The molecule has 0 N–H and O–H groups in total. The molecule has 4 rings (SSSR count). The first-order chi connectivity index (χ1) is 13.4. The van der Waals surface area contributed by atoms with Gasteiger partial charge in [0.05, 0.1) is 6.42 Å². The van der Waals surface area contributed by atoms with E-state index in [4.69, 9.17) is 13.9 Å². The van der Waals surface area contributed by atoms with Gasteiger partial charge < -0.3 is 13.9 Å². The Balaban J connectivity index is 1.50. The number of hydrogen-bond acceptors (Lipinski definition) is 6. The van der Waals surface area contributed by atoms with Crippen molar-refractivity contribution in [2.45, 2.75) is 44.8 Å². The molecule has 1 aliphatic rings. The predicted octanol–water partition coefficient (Wildman–Crippen LogP) is 3.45. The van der Waals surface area contributed by atoms with Crippen LogP contribution in [-0.4, -0.2) is 22.7 Å². The van der Waals surface area contributed by atoms with E-state index in [9.17, 15) is 9.59 Å². The minimum atomic E-state index is -0.698. The molecule has 0 bridgehead atoms. The average Bonchev–Trinajstić information content (AvgIpc) is 2.66. The van der Waals surface area contributed by atoms with Crippen molar-refractivity contribution >= 4 is 16.9 Å². The Morgan fingerprint density at radius 3 is 2.89 bits per heavy atom. The summed E-state index contributed by atoms with van der Waals surface area (Å²) in [7, 11) is 0. The lowest BCUT2D eigenvalue weighted by Crippen LogP contribution is -2.48. The molecule has 0 aliphatic carbocycles. The number of hydrogen-bond donors (Lipinski definition) is 0. The molecule has 1 atom stereocenters. The van der Waals surface area contributed by atoms with Crippen molar-refractivity contribution in [3.63, 3.8) is 0 Å². The molecule has 144 valence electrons. The molecule has 1 aromatic carbocycles. The molecular formula is C22H21NO5. The molecule has 6 nitrogen and oxygen atoms in total. The van der Waals surface area contributed by atoms with Crippen LogP contribution >= 0.6 is 0 Å². The Morgan fingerprint density at radius 2 is 2.11 bits per heavy atom. The lowest BCUT2D eigenvalue weighted by atomic mass is 9.90. The number of carbonyl (C=O) groups is 1. The Bertz CT molecular complexity index is 1070.